The quantitative estimate of drug-likeness (QED) is 0.905. The molecule has 1 aromatic rings. The zero-order valence-corrected chi connectivity index (χ0v) is 14.4. The van der Waals surface area contributed by atoms with Crippen molar-refractivity contribution in [2.24, 2.45) is 5.92 Å². The van der Waals surface area contributed by atoms with Crippen LogP contribution in [0.25, 0.3) is 0 Å². The second-order valence-corrected chi connectivity index (χ2v) is 6.34. The Morgan fingerprint density at radius 2 is 2.09 bits per heavy atom. The second-order valence-electron chi connectivity index (χ2n) is 5.93. The molecule has 22 heavy (non-hydrogen) atoms. The number of nitrogens with one attached hydrogen (secondary N) is 1. The number of hydrogen-bond acceptors (Lipinski definition) is 3. The molecular weight excluding hydrogens is 300 g/mol. The molecule has 4 nitrogen and oxygen atoms in total. The summed E-state index contributed by atoms with van der Waals surface area (Å²) < 4.78 is 5.43. The topological polar surface area (TPSA) is 41.6 Å². The van der Waals surface area contributed by atoms with Crippen molar-refractivity contribution in [3.63, 3.8) is 0 Å². The summed E-state index contributed by atoms with van der Waals surface area (Å²) in [5, 5.41) is 4.01. The Labute approximate surface area is 137 Å². The molecule has 5 heteroatoms. The maximum atomic E-state index is 12.4. The summed E-state index contributed by atoms with van der Waals surface area (Å²) in [6.45, 7) is 7.36. The largest absolute Gasteiger partial charge is 0.496 e. The molecule has 1 N–H and O–H groups in total. The van der Waals surface area contributed by atoms with Gasteiger partial charge in [-0.05, 0) is 43.0 Å². The van der Waals surface area contributed by atoms with E-state index in [0.717, 1.165) is 60.9 Å². The van der Waals surface area contributed by atoms with Crippen molar-refractivity contribution in [2.45, 2.75) is 26.7 Å². The Morgan fingerprint density at radius 3 is 2.73 bits per heavy atom. The summed E-state index contributed by atoms with van der Waals surface area (Å²) >= 11 is 6.20. The summed E-state index contributed by atoms with van der Waals surface area (Å²) in [7, 11) is 1.67. The van der Waals surface area contributed by atoms with E-state index in [1.165, 1.54) is 0 Å². The monoisotopic (exact) mass is 324 g/mol. The van der Waals surface area contributed by atoms with Crippen molar-refractivity contribution in [3.8, 4) is 5.75 Å². The molecule has 0 spiro atoms. The standard InChI is InChI=1S/C17H25ClN2O2/c1-12(17(21)20-8-6-19-7-9-20)4-5-14-11-15(18)13(2)10-16(14)22-3/h10-12,19H,4-9H2,1-3H3. The molecule has 1 amide bonds. The van der Waals surface area contributed by atoms with Gasteiger partial charge in [-0.25, -0.2) is 0 Å². The van der Waals surface area contributed by atoms with Crippen LogP contribution in [0.15, 0.2) is 12.1 Å². The van der Waals surface area contributed by atoms with Crippen LogP contribution in [0.2, 0.25) is 5.02 Å². The minimum absolute atomic E-state index is 0.0166. The molecule has 122 valence electrons. The number of carbonyl (C=O) groups excluding carboxylic acids is 1. The first kappa shape index (κ1) is 17.1. The number of carbonyl (C=O) groups is 1. The van der Waals surface area contributed by atoms with Crippen molar-refractivity contribution < 1.29 is 9.53 Å². The Balaban J connectivity index is 1.97. The molecule has 0 aliphatic carbocycles. The molecule has 1 aromatic carbocycles. The number of aryl methyl sites for hydroxylation is 2. The molecule has 1 aliphatic heterocycles. The fraction of sp³-hybridized carbons (Fsp3) is 0.588. The normalized spacial score (nSPS) is 16.5. The molecule has 1 aliphatic rings. The lowest BCUT2D eigenvalue weighted by atomic mass is 9.98. The average molecular weight is 325 g/mol. The molecular formula is C17H25ClN2O2. The maximum absolute atomic E-state index is 12.4. The number of methoxy groups -OCH3 is 1. The smallest absolute Gasteiger partial charge is 0.225 e. The average Bonchev–Trinajstić information content (AvgIpc) is 2.55. The number of amides is 1. The van der Waals surface area contributed by atoms with Crippen molar-refractivity contribution in [3.05, 3.63) is 28.3 Å². The van der Waals surface area contributed by atoms with Gasteiger partial charge < -0.3 is 15.0 Å². The zero-order valence-electron chi connectivity index (χ0n) is 13.6. The first-order valence-corrected chi connectivity index (χ1v) is 8.23. The van der Waals surface area contributed by atoms with E-state index in [2.05, 4.69) is 5.32 Å². The van der Waals surface area contributed by atoms with Crippen LogP contribution in [0, 0.1) is 12.8 Å². The number of halogens is 1. The van der Waals surface area contributed by atoms with Gasteiger partial charge >= 0.3 is 0 Å². The number of nitrogens with zero attached hydrogens (tertiary/aromatic N) is 1. The van der Waals surface area contributed by atoms with Crippen LogP contribution in [0.3, 0.4) is 0 Å². The van der Waals surface area contributed by atoms with Crippen LogP contribution in [0.4, 0.5) is 0 Å². The van der Waals surface area contributed by atoms with Gasteiger partial charge in [0.15, 0.2) is 0 Å². The fourth-order valence-electron chi connectivity index (χ4n) is 2.77. The number of hydrogen-bond donors (Lipinski definition) is 1. The highest BCUT2D eigenvalue weighted by molar-refractivity contribution is 6.31. The van der Waals surface area contributed by atoms with Gasteiger partial charge in [0.05, 0.1) is 7.11 Å². The fourth-order valence-corrected chi connectivity index (χ4v) is 2.96. The molecule has 0 aromatic heterocycles. The van der Waals surface area contributed by atoms with Crippen molar-refractivity contribution in [2.75, 3.05) is 33.3 Å². The van der Waals surface area contributed by atoms with Crippen LogP contribution in [0.1, 0.15) is 24.5 Å². The minimum atomic E-state index is 0.0166. The Bertz CT molecular complexity index is 528. The number of rotatable bonds is 5. The van der Waals surface area contributed by atoms with E-state index in [9.17, 15) is 4.79 Å². The van der Waals surface area contributed by atoms with E-state index in [4.69, 9.17) is 16.3 Å². The number of benzene rings is 1. The molecule has 1 fully saturated rings. The van der Waals surface area contributed by atoms with Gasteiger partial charge in [-0.2, -0.15) is 0 Å². The molecule has 0 saturated carbocycles. The Hall–Kier alpha value is -1.26. The van der Waals surface area contributed by atoms with Crippen LogP contribution in [-0.4, -0.2) is 44.1 Å². The lowest BCUT2D eigenvalue weighted by Gasteiger charge is -2.29. The summed E-state index contributed by atoms with van der Waals surface area (Å²) in [6.07, 6.45) is 1.60. The molecule has 0 bridgehead atoms. The first-order valence-electron chi connectivity index (χ1n) is 7.85. The molecule has 0 radical (unpaired) electrons. The van der Waals surface area contributed by atoms with E-state index in [1.807, 2.05) is 30.9 Å². The summed E-state index contributed by atoms with van der Waals surface area (Å²) in [5.74, 6) is 1.12. The third-order valence-corrected chi connectivity index (χ3v) is 4.67. The predicted molar refractivity (Wildman–Crippen MR) is 89.7 cm³/mol. The summed E-state index contributed by atoms with van der Waals surface area (Å²) in [5.41, 5.74) is 2.07. The highest BCUT2D eigenvalue weighted by Crippen LogP contribution is 2.28. The lowest BCUT2D eigenvalue weighted by molar-refractivity contribution is -0.135. The van der Waals surface area contributed by atoms with E-state index < -0.39 is 0 Å². The number of ether oxygens (including phenoxy) is 1. The Morgan fingerprint density at radius 1 is 1.41 bits per heavy atom. The second kappa shape index (κ2) is 7.84. The maximum Gasteiger partial charge on any atom is 0.225 e. The van der Waals surface area contributed by atoms with E-state index in [1.54, 1.807) is 7.11 Å². The third kappa shape index (κ3) is 4.14. The molecule has 1 saturated heterocycles. The minimum Gasteiger partial charge on any atom is -0.496 e. The van der Waals surface area contributed by atoms with E-state index in [-0.39, 0.29) is 11.8 Å². The third-order valence-electron chi connectivity index (χ3n) is 4.26. The van der Waals surface area contributed by atoms with Gasteiger partial charge in [-0.3, -0.25) is 4.79 Å². The first-order chi connectivity index (χ1) is 10.5. The molecule has 1 heterocycles. The molecule has 2 rings (SSSR count). The Kier molecular flexibility index (Phi) is 6.09. The lowest BCUT2D eigenvalue weighted by Crippen LogP contribution is -2.48. The van der Waals surface area contributed by atoms with Gasteiger partial charge in [0, 0.05) is 37.1 Å². The van der Waals surface area contributed by atoms with Gasteiger partial charge in [0.1, 0.15) is 5.75 Å². The zero-order chi connectivity index (χ0) is 16.1. The van der Waals surface area contributed by atoms with Gasteiger partial charge in [-0.15, -0.1) is 0 Å². The summed E-state index contributed by atoms with van der Waals surface area (Å²) in [6, 6.07) is 3.91. The van der Waals surface area contributed by atoms with Gasteiger partial charge in [0.2, 0.25) is 5.91 Å². The SMILES string of the molecule is COc1cc(C)c(Cl)cc1CCC(C)C(=O)N1CCNCC1. The highest BCUT2D eigenvalue weighted by Gasteiger charge is 2.22. The number of piperazine rings is 1. The summed E-state index contributed by atoms with van der Waals surface area (Å²) in [4.78, 5) is 14.4. The van der Waals surface area contributed by atoms with Gasteiger partial charge in [-0.1, -0.05) is 18.5 Å². The van der Waals surface area contributed by atoms with Crippen LogP contribution >= 0.6 is 11.6 Å². The van der Waals surface area contributed by atoms with Gasteiger partial charge in [0.25, 0.3) is 0 Å². The van der Waals surface area contributed by atoms with Crippen molar-refractivity contribution >= 4 is 17.5 Å². The van der Waals surface area contributed by atoms with E-state index >= 15 is 0 Å². The van der Waals surface area contributed by atoms with Crippen molar-refractivity contribution in [1.82, 2.24) is 10.2 Å². The van der Waals surface area contributed by atoms with Crippen LogP contribution in [-0.2, 0) is 11.2 Å². The van der Waals surface area contributed by atoms with Crippen LogP contribution < -0.4 is 10.1 Å². The molecule has 1 unspecified atom stereocenters. The molecule has 1 atom stereocenters. The van der Waals surface area contributed by atoms with Crippen LogP contribution in [0.5, 0.6) is 5.75 Å². The predicted octanol–water partition coefficient (Wildman–Crippen LogP) is 2.66. The van der Waals surface area contributed by atoms with Crippen molar-refractivity contribution in [1.29, 1.82) is 0 Å². The van der Waals surface area contributed by atoms with E-state index in [0.29, 0.717) is 0 Å². The highest BCUT2D eigenvalue weighted by atomic mass is 35.5.